The summed E-state index contributed by atoms with van der Waals surface area (Å²) in [5.74, 6) is -0.575. The van der Waals surface area contributed by atoms with Gasteiger partial charge in [-0.25, -0.2) is 4.79 Å². The van der Waals surface area contributed by atoms with Gasteiger partial charge in [0.25, 0.3) is 0 Å². The van der Waals surface area contributed by atoms with Crippen LogP contribution < -0.4 is 15.0 Å². The molecule has 0 aromatic heterocycles. The van der Waals surface area contributed by atoms with Crippen LogP contribution in [0.1, 0.15) is 24.5 Å². The summed E-state index contributed by atoms with van der Waals surface area (Å²) in [6.07, 6.45) is 3.14. The molecule has 1 atom stereocenters. The number of nitrogens with zero attached hydrogens (tertiary/aromatic N) is 1. The molecule has 162 valence electrons. The number of benzene rings is 2. The highest BCUT2D eigenvalue weighted by atomic mass is 16.5. The van der Waals surface area contributed by atoms with Crippen LogP contribution in [0.3, 0.4) is 0 Å². The summed E-state index contributed by atoms with van der Waals surface area (Å²) in [5, 5.41) is 2.86. The zero-order valence-corrected chi connectivity index (χ0v) is 17.9. The van der Waals surface area contributed by atoms with E-state index >= 15 is 0 Å². The Morgan fingerprint density at radius 2 is 1.94 bits per heavy atom. The Balaban J connectivity index is 1.63. The number of carbonyl (C=O) groups is 3. The van der Waals surface area contributed by atoms with E-state index in [0.29, 0.717) is 30.3 Å². The van der Waals surface area contributed by atoms with Gasteiger partial charge in [0, 0.05) is 24.7 Å². The minimum absolute atomic E-state index is 0.108. The molecule has 2 amide bonds. The van der Waals surface area contributed by atoms with E-state index in [1.165, 1.54) is 6.08 Å². The predicted molar refractivity (Wildman–Crippen MR) is 119 cm³/mol. The third kappa shape index (κ3) is 5.51. The molecule has 0 aliphatic carbocycles. The lowest BCUT2D eigenvalue weighted by atomic mass is 10.1. The van der Waals surface area contributed by atoms with Crippen molar-refractivity contribution in [3.05, 3.63) is 59.7 Å². The summed E-state index contributed by atoms with van der Waals surface area (Å²) in [6, 6.07) is 12.7. The molecule has 1 heterocycles. The Morgan fingerprint density at radius 3 is 2.61 bits per heavy atom. The highest BCUT2D eigenvalue weighted by Crippen LogP contribution is 2.34. The summed E-state index contributed by atoms with van der Waals surface area (Å²) >= 11 is 0. The third-order valence-electron chi connectivity index (χ3n) is 5.00. The van der Waals surface area contributed by atoms with E-state index in [0.717, 1.165) is 11.1 Å². The van der Waals surface area contributed by atoms with Crippen molar-refractivity contribution in [1.82, 2.24) is 0 Å². The number of esters is 1. The summed E-state index contributed by atoms with van der Waals surface area (Å²) < 4.78 is 10.2. The lowest BCUT2D eigenvalue weighted by molar-refractivity contribution is -0.137. The number of hydrogen-bond donors (Lipinski definition) is 1. The van der Waals surface area contributed by atoms with E-state index in [4.69, 9.17) is 9.47 Å². The van der Waals surface area contributed by atoms with Crippen LogP contribution in [0.4, 0.5) is 11.4 Å². The average Bonchev–Trinajstić information content (AvgIpc) is 3.15. The van der Waals surface area contributed by atoms with Crippen molar-refractivity contribution in [3.8, 4) is 5.75 Å². The van der Waals surface area contributed by atoms with E-state index in [9.17, 15) is 14.4 Å². The molecule has 1 saturated heterocycles. The molecule has 1 aliphatic heterocycles. The van der Waals surface area contributed by atoms with Crippen molar-refractivity contribution in [2.45, 2.75) is 20.3 Å². The molecule has 1 aliphatic rings. The monoisotopic (exact) mass is 422 g/mol. The van der Waals surface area contributed by atoms with Crippen LogP contribution in [0.2, 0.25) is 0 Å². The Hall–Kier alpha value is -3.61. The van der Waals surface area contributed by atoms with Gasteiger partial charge in [-0.1, -0.05) is 18.2 Å². The molecule has 1 N–H and O–H groups in total. The SMILES string of the molecule is CCOC(=O)/C=C/c1ccc(NC(=O)C2CC(=O)N(c3cc(C)ccc3OC)C2)cc1. The Bertz CT molecular complexity index is 998. The highest BCUT2D eigenvalue weighted by Gasteiger charge is 2.36. The van der Waals surface area contributed by atoms with E-state index in [-0.39, 0.29) is 18.2 Å². The largest absolute Gasteiger partial charge is 0.495 e. The van der Waals surface area contributed by atoms with Gasteiger partial charge >= 0.3 is 5.97 Å². The van der Waals surface area contributed by atoms with Crippen molar-refractivity contribution in [3.63, 3.8) is 0 Å². The molecule has 1 unspecified atom stereocenters. The summed E-state index contributed by atoms with van der Waals surface area (Å²) in [7, 11) is 1.56. The first kappa shape index (κ1) is 22.1. The van der Waals surface area contributed by atoms with Gasteiger partial charge < -0.3 is 19.7 Å². The van der Waals surface area contributed by atoms with Crippen molar-refractivity contribution >= 4 is 35.2 Å². The predicted octanol–water partition coefficient (Wildman–Crippen LogP) is 3.57. The number of aryl methyl sites for hydroxylation is 1. The van der Waals surface area contributed by atoms with Crippen molar-refractivity contribution in [2.24, 2.45) is 5.92 Å². The normalized spacial score (nSPS) is 15.9. The number of methoxy groups -OCH3 is 1. The second kappa shape index (κ2) is 9.93. The standard InChI is InChI=1S/C24H26N2O5/c1-4-31-23(28)12-8-17-6-9-19(10-7-17)25-24(29)18-14-22(27)26(15-18)20-13-16(2)5-11-21(20)30-3/h5-13,18H,4,14-15H2,1-3H3,(H,25,29)/b12-8+. The molecule has 31 heavy (non-hydrogen) atoms. The number of nitrogens with one attached hydrogen (secondary N) is 1. The van der Waals surface area contributed by atoms with Gasteiger partial charge in [0.15, 0.2) is 0 Å². The van der Waals surface area contributed by atoms with Gasteiger partial charge in [-0.3, -0.25) is 9.59 Å². The lowest BCUT2D eigenvalue weighted by Crippen LogP contribution is -2.28. The molecular weight excluding hydrogens is 396 g/mol. The first-order valence-electron chi connectivity index (χ1n) is 10.1. The van der Waals surface area contributed by atoms with Crippen LogP contribution in [0, 0.1) is 12.8 Å². The fourth-order valence-electron chi connectivity index (χ4n) is 3.40. The zero-order valence-electron chi connectivity index (χ0n) is 17.9. The van der Waals surface area contributed by atoms with E-state index in [2.05, 4.69) is 5.32 Å². The fourth-order valence-corrected chi connectivity index (χ4v) is 3.40. The number of anilines is 2. The maximum Gasteiger partial charge on any atom is 0.330 e. The van der Waals surface area contributed by atoms with Crippen LogP contribution in [-0.4, -0.2) is 38.0 Å². The average molecular weight is 422 g/mol. The summed E-state index contributed by atoms with van der Waals surface area (Å²) in [6.45, 7) is 4.31. The number of hydrogen-bond acceptors (Lipinski definition) is 5. The van der Waals surface area contributed by atoms with Gasteiger partial charge in [0.2, 0.25) is 11.8 Å². The van der Waals surface area contributed by atoms with Crippen molar-refractivity contribution < 1.29 is 23.9 Å². The highest BCUT2D eigenvalue weighted by molar-refractivity contribution is 6.04. The first-order chi connectivity index (χ1) is 14.9. The van der Waals surface area contributed by atoms with Gasteiger partial charge in [-0.05, 0) is 55.3 Å². The molecule has 3 rings (SSSR count). The van der Waals surface area contributed by atoms with Gasteiger partial charge in [0.1, 0.15) is 5.75 Å². The Kier molecular flexibility index (Phi) is 7.07. The lowest BCUT2D eigenvalue weighted by Gasteiger charge is -2.20. The quantitative estimate of drug-likeness (QED) is 0.545. The Labute approximate surface area is 181 Å². The number of rotatable bonds is 7. The molecule has 1 fully saturated rings. The molecule has 0 saturated carbocycles. The molecule has 0 radical (unpaired) electrons. The third-order valence-corrected chi connectivity index (χ3v) is 5.00. The zero-order chi connectivity index (χ0) is 22.4. The fraction of sp³-hybridized carbons (Fsp3) is 0.292. The first-order valence-corrected chi connectivity index (χ1v) is 10.1. The summed E-state index contributed by atoms with van der Waals surface area (Å²) in [4.78, 5) is 38.3. The molecular formula is C24H26N2O5. The maximum absolute atomic E-state index is 12.7. The minimum Gasteiger partial charge on any atom is -0.495 e. The van der Waals surface area contributed by atoms with E-state index in [1.54, 1.807) is 49.3 Å². The number of ether oxygens (including phenoxy) is 2. The van der Waals surface area contributed by atoms with Crippen molar-refractivity contribution in [1.29, 1.82) is 0 Å². The topological polar surface area (TPSA) is 84.9 Å². The smallest absolute Gasteiger partial charge is 0.330 e. The Morgan fingerprint density at radius 1 is 1.19 bits per heavy atom. The molecule has 2 aromatic carbocycles. The van der Waals surface area contributed by atoms with Crippen molar-refractivity contribution in [2.75, 3.05) is 30.5 Å². The molecule has 7 nitrogen and oxygen atoms in total. The molecule has 0 bridgehead atoms. The number of carbonyl (C=O) groups excluding carboxylic acids is 3. The molecule has 2 aromatic rings. The number of amides is 2. The van der Waals surface area contributed by atoms with Crippen LogP contribution in [-0.2, 0) is 19.1 Å². The second-order valence-electron chi connectivity index (χ2n) is 7.28. The maximum atomic E-state index is 12.7. The van der Waals surface area contributed by atoms with Gasteiger partial charge in [0.05, 0.1) is 25.3 Å². The van der Waals surface area contributed by atoms with Crippen LogP contribution in [0.25, 0.3) is 6.08 Å². The summed E-state index contributed by atoms with van der Waals surface area (Å²) in [5.41, 5.74) is 3.12. The van der Waals surface area contributed by atoms with E-state index in [1.807, 2.05) is 25.1 Å². The van der Waals surface area contributed by atoms with E-state index < -0.39 is 11.9 Å². The van der Waals surface area contributed by atoms with Crippen LogP contribution in [0.5, 0.6) is 5.75 Å². The van der Waals surface area contributed by atoms with Crippen LogP contribution >= 0.6 is 0 Å². The molecule has 0 spiro atoms. The second-order valence-corrected chi connectivity index (χ2v) is 7.28. The van der Waals surface area contributed by atoms with Gasteiger partial charge in [-0.15, -0.1) is 0 Å². The van der Waals surface area contributed by atoms with Gasteiger partial charge in [-0.2, -0.15) is 0 Å². The molecule has 7 heteroatoms. The minimum atomic E-state index is -0.457. The van der Waals surface area contributed by atoms with Crippen LogP contribution in [0.15, 0.2) is 48.5 Å².